The lowest BCUT2D eigenvalue weighted by Gasteiger charge is -2.04. The van der Waals surface area contributed by atoms with Crippen molar-refractivity contribution in [1.82, 2.24) is 0 Å². The average Bonchev–Trinajstić information content (AvgIpc) is 2.10. The van der Waals surface area contributed by atoms with E-state index in [-0.39, 0.29) is 29.7 Å². The zero-order valence-corrected chi connectivity index (χ0v) is 7.32. The fraction of sp³-hybridized carbons (Fsp3) is 0.571. The first-order valence-electron chi connectivity index (χ1n) is 4.16. The molecular formula is C14H28F2. The molecule has 0 aliphatic carbocycles. The SMILES string of the molecule is C.C.C.C.CCc1ccc(CC)c(F)c1F. The van der Waals surface area contributed by atoms with Gasteiger partial charge in [0, 0.05) is 0 Å². The summed E-state index contributed by atoms with van der Waals surface area (Å²) in [5.74, 6) is -1.37. The van der Waals surface area contributed by atoms with Crippen molar-refractivity contribution in [2.75, 3.05) is 0 Å². The van der Waals surface area contributed by atoms with Gasteiger partial charge in [0.15, 0.2) is 11.6 Å². The molecule has 0 bridgehead atoms. The zero-order valence-electron chi connectivity index (χ0n) is 7.32. The molecule has 0 saturated heterocycles. The summed E-state index contributed by atoms with van der Waals surface area (Å²) < 4.78 is 26.1. The van der Waals surface area contributed by atoms with E-state index < -0.39 is 11.6 Å². The lowest BCUT2D eigenvalue weighted by atomic mass is 10.1. The third-order valence-corrected chi connectivity index (χ3v) is 2.00. The molecule has 0 unspecified atom stereocenters. The predicted octanol–water partition coefficient (Wildman–Crippen LogP) is 5.63. The van der Waals surface area contributed by atoms with Gasteiger partial charge in [0.25, 0.3) is 0 Å². The minimum Gasteiger partial charge on any atom is -0.203 e. The molecule has 0 nitrogen and oxygen atoms in total. The fourth-order valence-corrected chi connectivity index (χ4v) is 1.18. The monoisotopic (exact) mass is 234 g/mol. The standard InChI is InChI=1S/C10H12F2.4CH4/c1-3-7-5-6-8(4-2)10(12)9(7)11;;;;/h5-6H,3-4H2,1-2H3;4*1H4. The van der Waals surface area contributed by atoms with Gasteiger partial charge in [-0.05, 0) is 24.0 Å². The summed E-state index contributed by atoms with van der Waals surface area (Å²) in [4.78, 5) is 0. The van der Waals surface area contributed by atoms with Crippen LogP contribution in [-0.2, 0) is 12.8 Å². The summed E-state index contributed by atoms with van der Waals surface area (Å²) in [7, 11) is 0. The van der Waals surface area contributed by atoms with E-state index in [0.717, 1.165) is 0 Å². The van der Waals surface area contributed by atoms with E-state index in [1.807, 2.05) is 13.8 Å². The molecule has 0 aromatic heterocycles. The third kappa shape index (κ3) is 4.73. The molecule has 0 heterocycles. The maximum atomic E-state index is 13.1. The Balaban J connectivity index is -0.000000180. The molecule has 0 atom stereocenters. The third-order valence-electron chi connectivity index (χ3n) is 2.00. The summed E-state index contributed by atoms with van der Waals surface area (Å²) in [5.41, 5.74) is 0.898. The lowest BCUT2D eigenvalue weighted by Crippen LogP contribution is -1.97. The van der Waals surface area contributed by atoms with Gasteiger partial charge in [-0.1, -0.05) is 55.7 Å². The van der Waals surface area contributed by atoms with Gasteiger partial charge in [0.2, 0.25) is 0 Å². The highest BCUT2D eigenvalue weighted by atomic mass is 19.2. The summed E-state index contributed by atoms with van der Waals surface area (Å²) in [6.07, 6.45) is 1.07. The normalized spacial score (nSPS) is 7.75. The second-order valence-electron chi connectivity index (χ2n) is 2.72. The van der Waals surface area contributed by atoms with Crippen molar-refractivity contribution in [3.8, 4) is 0 Å². The van der Waals surface area contributed by atoms with Gasteiger partial charge >= 0.3 is 0 Å². The molecule has 0 amide bonds. The van der Waals surface area contributed by atoms with Crippen LogP contribution in [0.5, 0.6) is 0 Å². The Morgan fingerprint density at radius 3 is 1.19 bits per heavy atom. The smallest absolute Gasteiger partial charge is 0.162 e. The fourth-order valence-electron chi connectivity index (χ4n) is 1.18. The Morgan fingerprint density at radius 2 is 1.00 bits per heavy atom. The number of halogens is 2. The molecule has 0 spiro atoms. The van der Waals surface area contributed by atoms with E-state index in [2.05, 4.69) is 0 Å². The van der Waals surface area contributed by atoms with Crippen LogP contribution in [0, 0.1) is 11.6 Å². The van der Waals surface area contributed by atoms with E-state index in [0.29, 0.717) is 24.0 Å². The van der Waals surface area contributed by atoms with Crippen LogP contribution in [0.1, 0.15) is 54.7 Å². The number of aryl methyl sites for hydroxylation is 2. The lowest BCUT2D eigenvalue weighted by molar-refractivity contribution is 0.491. The Labute approximate surface area is 101 Å². The number of benzene rings is 1. The van der Waals surface area contributed by atoms with Crippen molar-refractivity contribution in [2.24, 2.45) is 0 Å². The van der Waals surface area contributed by atoms with Crippen LogP contribution in [0.2, 0.25) is 0 Å². The minimum absolute atomic E-state index is 0. The zero-order chi connectivity index (χ0) is 9.14. The minimum atomic E-state index is -0.683. The Morgan fingerprint density at radius 1 is 0.750 bits per heavy atom. The molecule has 16 heavy (non-hydrogen) atoms. The maximum Gasteiger partial charge on any atom is 0.162 e. The highest BCUT2D eigenvalue weighted by Crippen LogP contribution is 2.16. The molecule has 0 aliphatic rings. The van der Waals surface area contributed by atoms with Crippen LogP contribution >= 0.6 is 0 Å². The molecule has 2 heteroatoms. The van der Waals surface area contributed by atoms with E-state index in [9.17, 15) is 8.78 Å². The van der Waals surface area contributed by atoms with Gasteiger partial charge in [0.1, 0.15) is 0 Å². The van der Waals surface area contributed by atoms with Crippen molar-refractivity contribution < 1.29 is 8.78 Å². The van der Waals surface area contributed by atoms with E-state index in [4.69, 9.17) is 0 Å². The Bertz CT molecular complexity index is 251. The van der Waals surface area contributed by atoms with Gasteiger partial charge in [-0.2, -0.15) is 0 Å². The first kappa shape index (κ1) is 24.4. The molecular weight excluding hydrogens is 206 g/mol. The number of hydrogen-bond donors (Lipinski definition) is 0. The van der Waals surface area contributed by atoms with E-state index in [1.54, 1.807) is 12.1 Å². The Hall–Kier alpha value is -0.920. The van der Waals surface area contributed by atoms with Crippen LogP contribution in [0.15, 0.2) is 12.1 Å². The van der Waals surface area contributed by atoms with E-state index >= 15 is 0 Å². The van der Waals surface area contributed by atoms with Gasteiger partial charge in [0.05, 0.1) is 0 Å². The predicted molar refractivity (Wildman–Crippen MR) is 72.0 cm³/mol. The first-order valence-corrected chi connectivity index (χ1v) is 4.16. The molecule has 0 saturated carbocycles. The van der Waals surface area contributed by atoms with Crippen LogP contribution < -0.4 is 0 Å². The molecule has 0 fully saturated rings. The van der Waals surface area contributed by atoms with Crippen LogP contribution in [-0.4, -0.2) is 0 Å². The van der Waals surface area contributed by atoms with Crippen LogP contribution in [0.4, 0.5) is 8.78 Å². The second kappa shape index (κ2) is 10.6. The maximum absolute atomic E-state index is 13.1. The largest absolute Gasteiger partial charge is 0.203 e. The summed E-state index contributed by atoms with van der Waals surface area (Å²) in [6.45, 7) is 3.62. The summed E-state index contributed by atoms with van der Waals surface area (Å²) in [6, 6.07) is 3.30. The summed E-state index contributed by atoms with van der Waals surface area (Å²) in [5, 5.41) is 0. The van der Waals surface area contributed by atoms with Gasteiger partial charge in [-0.15, -0.1) is 0 Å². The van der Waals surface area contributed by atoms with Crippen LogP contribution in [0.25, 0.3) is 0 Å². The molecule has 1 aromatic rings. The van der Waals surface area contributed by atoms with Gasteiger partial charge < -0.3 is 0 Å². The van der Waals surface area contributed by atoms with Crippen molar-refractivity contribution in [3.05, 3.63) is 34.9 Å². The van der Waals surface area contributed by atoms with Crippen molar-refractivity contribution >= 4 is 0 Å². The summed E-state index contributed by atoms with van der Waals surface area (Å²) >= 11 is 0. The van der Waals surface area contributed by atoms with Crippen molar-refractivity contribution in [2.45, 2.75) is 56.4 Å². The number of rotatable bonds is 2. The first-order chi connectivity index (χ1) is 5.70. The van der Waals surface area contributed by atoms with Crippen molar-refractivity contribution in [3.63, 3.8) is 0 Å². The van der Waals surface area contributed by atoms with Gasteiger partial charge in [-0.3, -0.25) is 0 Å². The van der Waals surface area contributed by atoms with Crippen molar-refractivity contribution in [1.29, 1.82) is 0 Å². The second-order valence-corrected chi connectivity index (χ2v) is 2.72. The molecule has 0 N–H and O–H groups in total. The highest BCUT2D eigenvalue weighted by molar-refractivity contribution is 5.26. The molecule has 98 valence electrons. The quantitative estimate of drug-likeness (QED) is 0.621. The molecule has 0 aliphatic heterocycles. The van der Waals surface area contributed by atoms with Gasteiger partial charge in [-0.25, -0.2) is 8.78 Å². The molecule has 1 aromatic carbocycles. The van der Waals surface area contributed by atoms with Crippen LogP contribution in [0.3, 0.4) is 0 Å². The topological polar surface area (TPSA) is 0 Å². The molecule has 0 radical (unpaired) electrons. The Kier molecular flexibility index (Phi) is 16.1. The molecule has 1 rings (SSSR count). The average molecular weight is 234 g/mol. The number of hydrogen-bond acceptors (Lipinski definition) is 0. The highest BCUT2D eigenvalue weighted by Gasteiger charge is 2.10. The van der Waals surface area contributed by atoms with E-state index in [1.165, 1.54) is 0 Å².